The van der Waals surface area contributed by atoms with Crippen LogP contribution in [0, 0.1) is 0 Å². The summed E-state index contributed by atoms with van der Waals surface area (Å²) in [6.07, 6.45) is 1.16. The highest BCUT2D eigenvalue weighted by molar-refractivity contribution is 5.50. The van der Waals surface area contributed by atoms with Crippen LogP contribution in [0.5, 0.6) is 0 Å². The van der Waals surface area contributed by atoms with Crippen molar-refractivity contribution in [3.05, 3.63) is 0 Å². The molecular weight excluding hydrogens is 80.0 g/mol. The molecule has 6 heavy (non-hydrogen) atoms. The van der Waals surface area contributed by atoms with E-state index >= 15 is 0 Å². The fourth-order valence-electron chi connectivity index (χ4n) is 0.102. The molecule has 4 nitrogen and oxygen atoms in total. The van der Waals surface area contributed by atoms with Crippen LogP contribution in [-0.4, -0.2) is 13.4 Å². The maximum atomic E-state index is 4.82. The van der Waals surface area contributed by atoms with E-state index in [1.54, 1.807) is 7.05 Å². The second kappa shape index (κ2) is 4.23. The molecule has 0 atom stereocenters. The van der Waals surface area contributed by atoms with Crippen LogP contribution in [0.25, 0.3) is 0 Å². The molecule has 4 heteroatoms. The van der Waals surface area contributed by atoms with Crippen LogP contribution in [0.4, 0.5) is 0 Å². The van der Waals surface area contributed by atoms with Crippen LogP contribution < -0.4 is 16.7 Å². The first-order valence-corrected chi connectivity index (χ1v) is 1.57. The molecule has 0 spiro atoms. The van der Waals surface area contributed by atoms with E-state index in [1.165, 1.54) is 0 Å². The topological polar surface area (TPSA) is 62.4 Å². The quantitative estimate of drug-likeness (QED) is 0.221. The predicted molar refractivity (Wildman–Crippen MR) is 24.9 cm³/mol. The maximum absolute atomic E-state index is 4.82. The van der Waals surface area contributed by atoms with Crippen LogP contribution in [0.2, 0.25) is 0 Å². The molecule has 0 saturated heterocycles. The number of hydrazine groups is 1. The molecule has 0 rings (SSSR count). The molecule has 0 aromatic carbocycles. The fourth-order valence-corrected chi connectivity index (χ4v) is 0.102. The largest absolute Gasteiger partial charge is 0.388 e. The van der Waals surface area contributed by atoms with Crippen LogP contribution in [-0.2, 0) is 0 Å². The molecular formula is C2H8N4. The van der Waals surface area contributed by atoms with E-state index in [4.69, 9.17) is 5.73 Å². The summed E-state index contributed by atoms with van der Waals surface area (Å²) < 4.78 is 0. The Balaban J connectivity index is 2.66. The first kappa shape index (κ1) is 5.23. The van der Waals surface area contributed by atoms with Gasteiger partial charge in [-0.25, -0.2) is 11.0 Å². The third kappa shape index (κ3) is 3.23. The van der Waals surface area contributed by atoms with Crippen molar-refractivity contribution in [2.75, 3.05) is 7.05 Å². The zero-order valence-electron chi connectivity index (χ0n) is 3.60. The van der Waals surface area contributed by atoms with Crippen molar-refractivity contribution in [2.24, 2.45) is 10.8 Å². The van der Waals surface area contributed by atoms with E-state index in [2.05, 4.69) is 16.1 Å². The number of nitrogens with zero attached hydrogens (tertiary/aromatic N) is 1. The number of hydrazone groups is 1. The monoisotopic (exact) mass is 88.1 g/mol. The standard InChI is InChI=1S/C2H8N4/c1-4-6-5-2-3/h2,4,6H,1H3,(H2,3,5). The first-order chi connectivity index (χ1) is 2.91. The minimum Gasteiger partial charge on any atom is -0.388 e. The van der Waals surface area contributed by atoms with Gasteiger partial charge in [-0.05, 0) is 0 Å². The molecule has 4 N–H and O–H groups in total. The summed E-state index contributed by atoms with van der Waals surface area (Å²) in [5.41, 5.74) is 9.75. The van der Waals surface area contributed by atoms with Gasteiger partial charge in [0.25, 0.3) is 0 Å². The molecule has 0 radical (unpaired) electrons. The molecule has 0 aliphatic rings. The summed E-state index contributed by atoms with van der Waals surface area (Å²) in [4.78, 5) is 0. The molecule has 0 aliphatic heterocycles. The minimum atomic E-state index is 1.16. The summed E-state index contributed by atoms with van der Waals surface area (Å²) in [6, 6.07) is 0. The number of nitrogens with one attached hydrogen (secondary N) is 2. The van der Waals surface area contributed by atoms with Gasteiger partial charge in [-0.15, -0.1) is 0 Å². The molecule has 0 fully saturated rings. The van der Waals surface area contributed by atoms with E-state index in [-0.39, 0.29) is 0 Å². The molecule has 0 aromatic rings. The van der Waals surface area contributed by atoms with Crippen LogP contribution in [0.3, 0.4) is 0 Å². The number of hydrogen-bond donors (Lipinski definition) is 3. The SMILES string of the molecule is CNNN=CN. The lowest BCUT2D eigenvalue weighted by atomic mass is 11.4. The van der Waals surface area contributed by atoms with Crippen LogP contribution in [0.15, 0.2) is 5.10 Å². The van der Waals surface area contributed by atoms with Gasteiger partial charge in [0, 0.05) is 7.05 Å². The highest BCUT2D eigenvalue weighted by Gasteiger charge is 1.54. The average Bonchev–Trinajstić information content (AvgIpc) is 1.61. The minimum absolute atomic E-state index is 1.16. The smallest absolute Gasteiger partial charge is 0.107 e. The number of rotatable bonds is 2. The van der Waals surface area contributed by atoms with Crippen molar-refractivity contribution in [3.8, 4) is 0 Å². The second-order valence-corrected chi connectivity index (χ2v) is 0.640. The van der Waals surface area contributed by atoms with Gasteiger partial charge in [0.1, 0.15) is 6.34 Å². The van der Waals surface area contributed by atoms with Crippen molar-refractivity contribution in [1.82, 2.24) is 11.0 Å². The van der Waals surface area contributed by atoms with Crippen molar-refractivity contribution >= 4 is 6.34 Å². The van der Waals surface area contributed by atoms with Gasteiger partial charge in [0.2, 0.25) is 0 Å². The molecule has 0 bridgehead atoms. The van der Waals surface area contributed by atoms with Crippen LogP contribution in [0.1, 0.15) is 0 Å². The van der Waals surface area contributed by atoms with E-state index in [9.17, 15) is 0 Å². The van der Waals surface area contributed by atoms with E-state index in [1.807, 2.05) is 0 Å². The Morgan fingerprint density at radius 3 is 2.67 bits per heavy atom. The zero-order chi connectivity index (χ0) is 4.83. The third-order valence-corrected chi connectivity index (χ3v) is 0.251. The summed E-state index contributed by atoms with van der Waals surface area (Å²) in [5, 5.41) is 3.38. The van der Waals surface area contributed by atoms with Crippen molar-refractivity contribution in [1.29, 1.82) is 0 Å². The molecule has 0 unspecified atom stereocenters. The molecule has 0 amide bonds. The third-order valence-electron chi connectivity index (χ3n) is 0.251. The maximum Gasteiger partial charge on any atom is 0.107 e. The first-order valence-electron chi connectivity index (χ1n) is 1.57. The predicted octanol–water partition coefficient (Wildman–Crippen LogP) is -1.39. The van der Waals surface area contributed by atoms with Gasteiger partial charge >= 0.3 is 0 Å². The normalized spacial score (nSPS) is 9.50. The Hall–Kier alpha value is -0.770. The zero-order valence-corrected chi connectivity index (χ0v) is 3.60. The summed E-state index contributed by atoms with van der Waals surface area (Å²) >= 11 is 0. The highest BCUT2D eigenvalue weighted by Crippen LogP contribution is 1.35. The summed E-state index contributed by atoms with van der Waals surface area (Å²) in [7, 11) is 1.70. The summed E-state index contributed by atoms with van der Waals surface area (Å²) in [5.74, 6) is 0. The Morgan fingerprint density at radius 1 is 1.83 bits per heavy atom. The Morgan fingerprint density at radius 2 is 2.50 bits per heavy atom. The molecule has 0 aliphatic carbocycles. The Labute approximate surface area is 36.4 Å². The van der Waals surface area contributed by atoms with Gasteiger partial charge in [-0.2, -0.15) is 5.10 Å². The van der Waals surface area contributed by atoms with E-state index in [0.717, 1.165) is 6.34 Å². The Kier molecular flexibility index (Phi) is 3.69. The lowest BCUT2D eigenvalue weighted by Gasteiger charge is -1.88. The van der Waals surface area contributed by atoms with Gasteiger partial charge in [0.15, 0.2) is 0 Å². The lowest BCUT2D eigenvalue weighted by molar-refractivity contribution is 0.635. The van der Waals surface area contributed by atoms with Gasteiger partial charge in [0.05, 0.1) is 0 Å². The van der Waals surface area contributed by atoms with Crippen LogP contribution >= 0.6 is 0 Å². The lowest BCUT2D eigenvalue weighted by Crippen LogP contribution is -2.21. The fraction of sp³-hybridized carbons (Fsp3) is 0.500. The van der Waals surface area contributed by atoms with Crippen molar-refractivity contribution in [2.45, 2.75) is 0 Å². The molecule has 0 heterocycles. The van der Waals surface area contributed by atoms with Gasteiger partial charge in [-0.3, -0.25) is 0 Å². The molecule has 0 saturated carbocycles. The summed E-state index contributed by atoms with van der Waals surface area (Å²) in [6.45, 7) is 0. The number of hydrogen-bond acceptors (Lipinski definition) is 3. The highest BCUT2D eigenvalue weighted by atomic mass is 15.5. The molecule has 36 valence electrons. The van der Waals surface area contributed by atoms with Gasteiger partial charge in [-0.1, -0.05) is 0 Å². The second-order valence-electron chi connectivity index (χ2n) is 0.640. The van der Waals surface area contributed by atoms with E-state index < -0.39 is 0 Å². The van der Waals surface area contributed by atoms with Gasteiger partial charge < -0.3 is 5.73 Å². The van der Waals surface area contributed by atoms with Crippen molar-refractivity contribution in [3.63, 3.8) is 0 Å². The number of nitrogens with two attached hydrogens (primary N) is 1. The average molecular weight is 88.1 g/mol. The Bertz CT molecular complexity index is 40.8. The van der Waals surface area contributed by atoms with E-state index in [0.29, 0.717) is 0 Å². The van der Waals surface area contributed by atoms with Crippen molar-refractivity contribution < 1.29 is 0 Å². The molecule has 0 aromatic heterocycles.